The fraction of sp³-hybridized carbons (Fsp3) is 0.900. The van der Waals surface area contributed by atoms with E-state index in [1.165, 1.54) is 0 Å². The third-order valence-electron chi connectivity index (χ3n) is 3.27. The monoisotopic (exact) mass is 182 g/mol. The van der Waals surface area contributed by atoms with Crippen molar-refractivity contribution < 1.29 is 4.79 Å². The van der Waals surface area contributed by atoms with E-state index in [2.05, 4.69) is 16.8 Å². The van der Waals surface area contributed by atoms with Gasteiger partial charge in [-0.2, -0.15) is 0 Å². The van der Waals surface area contributed by atoms with Gasteiger partial charge in [0, 0.05) is 45.1 Å². The van der Waals surface area contributed by atoms with Crippen molar-refractivity contribution in [1.82, 2.24) is 9.80 Å². The van der Waals surface area contributed by atoms with Gasteiger partial charge in [0.15, 0.2) is 0 Å². The van der Waals surface area contributed by atoms with Crippen LogP contribution in [0, 0.1) is 0 Å². The molecule has 1 aliphatic heterocycles. The van der Waals surface area contributed by atoms with Crippen LogP contribution in [0.5, 0.6) is 0 Å². The summed E-state index contributed by atoms with van der Waals surface area (Å²) >= 11 is 0. The van der Waals surface area contributed by atoms with E-state index in [-0.39, 0.29) is 0 Å². The van der Waals surface area contributed by atoms with Gasteiger partial charge in [-0.15, -0.1) is 0 Å². The van der Waals surface area contributed by atoms with Gasteiger partial charge in [-0.05, 0) is 13.5 Å². The Morgan fingerprint density at radius 1 is 1.23 bits per heavy atom. The third kappa shape index (κ3) is 2.09. The molecule has 1 atom stereocenters. The first-order valence-electron chi connectivity index (χ1n) is 5.20. The molecule has 1 saturated heterocycles. The van der Waals surface area contributed by atoms with Gasteiger partial charge in [0.25, 0.3) is 0 Å². The van der Waals surface area contributed by atoms with Crippen LogP contribution in [0.2, 0.25) is 0 Å². The molecule has 2 aliphatic rings. The molecular formula is C10H18N2O. The summed E-state index contributed by atoms with van der Waals surface area (Å²) in [5, 5.41) is 0. The lowest BCUT2D eigenvalue weighted by molar-refractivity contribution is -0.117. The summed E-state index contributed by atoms with van der Waals surface area (Å²) in [7, 11) is 2.16. The van der Waals surface area contributed by atoms with Crippen molar-refractivity contribution >= 4 is 5.78 Å². The van der Waals surface area contributed by atoms with Crippen molar-refractivity contribution in [2.45, 2.75) is 25.3 Å². The minimum absolute atomic E-state index is 0.462. The summed E-state index contributed by atoms with van der Waals surface area (Å²) in [4.78, 5) is 16.0. The topological polar surface area (TPSA) is 23.6 Å². The van der Waals surface area contributed by atoms with Crippen LogP contribution in [0.4, 0.5) is 0 Å². The molecule has 2 rings (SSSR count). The fourth-order valence-electron chi connectivity index (χ4n) is 2.29. The van der Waals surface area contributed by atoms with Crippen LogP contribution < -0.4 is 0 Å². The number of hydrogen-bond acceptors (Lipinski definition) is 3. The summed E-state index contributed by atoms with van der Waals surface area (Å²) in [6.45, 7) is 4.61. The Labute approximate surface area is 79.7 Å². The summed E-state index contributed by atoms with van der Waals surface area (Å²) in [6.07, 6.45) is 2.73. The van der Waals surface area contributed by atoms with Gasteiger partial charge >= 0.3 is 0 Å². The summed E-state index contributed by atoms with van der Waals surface area (Å²) < 4.78 is 0. The van der Waals surface area contributed by atoms with Crippen molar-refractivity contribution in [2.75, 3.05) is 33.2 Å². The Morgan fingerprint density at radius 2 is 1.92 bits per heavy atom. The lowest BCUT2D eigenvalue weighted by atomic mass is 10.2. The number of carbonyl (C=O) groups excluding carboxylic acids is 1. The Kier molecular flexibility index (Phi) is 2.65. The number of likely N-dealkylation sites (N-methyl/N-ethyl adjacent to an activating group) is 1. The zero-order valence-corrected chi connectivity index (χ0v) is 8.33. The number of rotatable bonds is 1. The molecule has 0 N–H and O–H groups in total. The van der Waals surface area contributed by atoms with Crippen LogP contribution in [0.1, 0.15) is 19.3 Å². The highest BCUT2D eigenvalue weighted by molar-refractivity contribution is 5.81. The van der Waals surface area contributed by atoms with E-state index in [9.17, 15) is 4.79 Å². The van der Waals surface area contributed by atoms with E-state index in [1.807, 2.05) is 0 Å². The minimum Gasteiger partial charge on any atom is -0.304 e. The maximum atomic E-state index is 11.1. The molecule has 0 bridgehead atoms. The Morgan fingerprint density at radius 3 is 2.46 bits per heavy atom. The first-order chi connectivity index (χ1) is 6.25. The third-order valence-corrected chi connectivity index (χ3v) is 3.27. The van der Waals surface area contributed by atoms with Crippen molar-refractivity contribution in [2.24, 2.45) is 0 Å². The van der Waals surface area contributed by atoms with E-state index < -0.39 is 0 Å². The highest BCUT2D eigenvalue weighted by atomic mass is 16.1. The number of piperazine rings is 1. The normalized spacial score (nSPS) is 32.7. The van der Waals surface area contributed by atoms with Crippen molar-refractivity contribution in [3.63, 3.8) is 0 Å². The number of hydrogen-bond donors (Lipinski definition) is 0. The van der Waals surface area contributed by atoms with Gasteiger partial charge in [0.1, 0.15) is 5.78 Å². The zero-order chi connectivity index (χ0) is 9.26. The van der Waals surface area contributed by atoms with E-state index in [1.54, 1.807) is 0 Å². The van der Waals surface area contributed by atoms with E-state index in [0.29, 0.717) is 11.8 Å². The molecule has 0 aromatic carbocycles. The van der Waals surface area contributed by atoms with Crippen molar-refractivity contribution in [1.29, 1.82) is 0 Å². The molecule has 2 fully saturated rings. The lowest BCUT2D eigenvalue weighted by Crippen LogP contribution is -2.48. The maximum absolute atomic E-state index is 11.1. The number of Topliss-reactive ketones (excluding diaryl/α,β-unsaturated/α-hetero) is 1. The molecule has 3 heteroatoms. The van der Waals surface area contributed by atoms with Crippen LogP contribution in [-0.4, -0.2) is 54.9 Å². The summed E-state index contributed by atoms with van der Waals surface area (Å²) in [5.74, 6) is 0.462. The largest absolute Gasteiger partial charge is 0.304 e. The molecule has 0 aromatic rings. The van der Waals surface area contributed by atoms with Crippen LogP contribution in [0.25, 0.3) is 0 Å². The predicted molar refractivity (Wildman–Crippen MR) is 51.7 cm³/mol. The average Bonchev–Trinajstić information content (AvgIpc) is 2.53. The van der Waals surface area contributed by atoms with Gasteiger partial charge in [0.2, 0.25) is 0 Å². The van der Waals surface area contributed by atoms with Gasteiger partial charge in [-0.1, -0.05) is 0 Å². The second kappa shape index (κ2) is 3.76. The Bertz CT molecular complexity index is 197. The smallest absolute Gasteiger partial charge is 0.134 e. The molecule has 0 radical (unpaired) electrons. The average molecular weight is 182 g/mol. The van der Waals surface area contributed by atoms with E-state index in [0.717, 1.165) is 45.4 Å². The van der Waals surface area contributed by atoms with E-state index in [4.69, 9.17) is 0 Å². The Hall–Kier alpha value is -0.410. The highest BCUT2D eigenvalue weighted by Gasteiger charge is 2.28. The lowest BCUT2D eigenvalue weighted by Gasteiger charge is -2.36. The quantitative estimate of drug-likeness (QED) is 0.585. The molecule has 1 unspecified atom stereocenters. The van der Waals surface area contributed by atoms with Crippen LogP contribution >= 0.6 is 0 Å². The van der Waals surface area contributed by atoms with Crippen LogP contribution in [0.15, 0.2) is 0 Å². The predicted octanol–water partition coefficient (Wildman–Crippen LogP) is 0.355. The molecule has 1 heterocycles. The highest BCUT2D eigenvalue weighted by Crippen LogP contribution is 2.21. The fourth-order valence-corrected chi connectivity index (χ4v) is 2.29. The molecule has 0 spiro atoms. The van der Waals surface area contributed by atoms with Crippen LogP contribution in [-0.2, 0) is 4.79 Å². The SMILES string of the molecule is CN1CCN(C2CCC(=O)C2)CC1. The van der Waals surface area contributed by atoms with Gasteiger partial charge in [0.05, 0.1) is 0 Å². The van der Waals surface area contributed by atoms with Crippen molar-refractivity contribution in [3.8, 4) is 0 Å². The number of carbonyl (C=O) groups is 1. The number of nitrogens with zero attached hydrogens (tertiary/aromatic N) is 2. The summed E-state index contributed by atoms with van der Waals surface area (Å²) in [6, 6.07) is 0.571. The second-order valence-corrected chi connectivity index (χ2v) is 4.27. The van der Waals surface area contributed by atoms with Gasteiger partial charge < -0.3 is 4.90 Å². The molecule has 1 saturated carbocycles. The van der Waals surface area contributed by atoms with E-state index >= 15 is 0 Å². The maximum Gasteiger partial charge on any atom is 0.134 e. The Balaban J connectivity index is 1.84. The van der Waals surface area contributed by atoms with Gasteiger partial charge in [-0.3, -0.25) is 9.69 Å². The zero-order valence-electron chi connectivity index (χ0n) is 8.33. The number of ketones is 1. The molecule has 1 aliphatic carbocycles. The molecule has 13 heavy (non-hydrogen) atoms. The molecule has 3 nitrogen and oxygen atoms in total. The minimum atomic E-state index is 0.462. The molecule has 0 aromatic heterocycles. The van der Waals surface area contributed by atoms with Crippen molar-refractivity contribution in [3.05, 3.63) is 0 Å². The standard InChI is InChI=1S/C10H18N2O/c1-11-4-6-12(7-5-11)9-2-3-10(13)8-9/h9H,2-8H2,1H3. The first kappa shape index (κ1) is 9.16. The first-order valence-corrected chi connectivity index (χ1v) is 5.20. The summed E-state index contributed by atoms with van der Waals surface area (Å²) in [5.41, 5.74) is 0. The van der Waals surface area contributed by atoms with Gasteiger partial charge in [-0.25, -0.2) is 0 Å². The van der Waals surface area contributed by atoms with Crippen LogP contribution in [0.3, 0.4) is 0 Å². The molecular weight excluding hydrogens is 164 g/mol. The molecule has 74 valence electrons. The second-order valence-electron chi connectivity index (χ2n) is 4.27. The molecule has 0 amide bonds.